The normalized spacial score (nSPS) is 13.1. The minimum Gasteiger partial charge on any atom is -0.479 e. The molecule has 0 spiro atoms. The van der Waals surface area contributed by atoms with E-state index in [1.807, 2.05) is 0 Å². The molecule has 0 saturated carbocycles. The minimum absolute atomic E-state index is 0. The van der Waals surface area contributed by atoms with Gasteiger partial charge in [-0.1, -0.05) is 0 Å². The summed E-state index contributed by atoms with van der Waals surface area (Å²) in [6.45, 7) is 4.79. The van der Waals surface area contributed by atoms with Crippen molar-refractivity contribution < 1.29 is 85.9 Å². The molecule has 0 radical (unpaired) electrons. The van der Waals surface area contributed by atoms with E-state index in [1.165, 1.54) is 27.7 Å². The van der Waals surface area contributed by atoms with Gasteiger partial charge in [-0.3, -0.25) is 0 Å². The predicted octanol–water partition coefficient (Wildman–Crippen LogP) is -2.20. The molecule has 25 heavy (non-hydrogen) atoms. The fraction of sp³-hybridized carbons (Fsp3) is 0.667. The first-order valence-electron chi connectivity index (χ1n) is 6.21. The third kappa shape index (κ3) is 45.0. The largest absolute Gasteiger partial charge is 0.479 e. The summed E-state index contributed by atoms with van der Waals surface area (Å²) in [7, 11) is 0. The van der Waals surface area contributed by atoms with Crippen LogP contribution in [0.2, 0.25) is 0 Å². The summed E-state index contributed by atoms with van der Waals surface area (Å²) in [6.07, 6.45) is -4.93. The van der Waals surface area contributed by atoms with Gasteiger partial charge in [-0.25, -0.2) is 19.2 Å². The summed E-state index contributed by atoms with van der Waals surface area (Å²) in [5.74, 6) is -4.74. The van der Waals surface area contributed by atoms with E-state index in [0.717, 1.165) is 0 Å². The van der Waals surface area contributed by atoms with Crippen molar-refractivity contribution in [2.75, 3.05) is 0 Å². The average Bonchev–Trinajstić information content (AvgIpc) is 2.40. The van der Waals surface area contributed by atoms with E-state index in [4.69, 9.17) is 40.9 Å². The maximum absolute atomic E-state index is 9.45. The van der Waals surface area contributed by atoms with E-state index < -0.39 is 48.3 Å². The molecular formula is C12H24HfO12. The third-order valence-electron chi connectivity index (χ3n) is 1.43. The molecule has 0 rings (SSSR count). The molecule has 148 valence electrons. The SMILES string of the molecule is CC(O)C(=O)O.CC(O)C(=O)O.CC(O)C(=O)O.CC(O)C(=O)O.[Hf]. The molecule has 0 aromatic carbocycles. The number of rotatable bonds is 4. The Morgan fingerprint density at radius 3 is 0.520 bits per heavy atom. The number of aliphatic carboxylic acids is 4. The van der Waals surface area contributed by atoms with E-state index in [0.29, 0.717) is 0 Å². The molecule has 4 atom stereocenters. The van der Waals surface area contributed by atoms with Crippen molar-refractivity contribution in [2.45, 2.75) is 52.1 Å². The fourth-order valence-electron chi connectivity index (χ4n) is 0. The molecule has 12 nitrogen and oxygen atoms in total. The summed E-state index contributed by atoms with van der Waals surface area (Å²) in [5, 5.41) is 63.1. The van der Waals surface area contributed by atoms with Gasteiger partial charge in [0.2, 0.25) is 0 Å². The summed E-state index contributed by atoms with van der Waals surface area (Å²) in [4.78, 5) is 37.8. The molecule has 0 heterocycles. The number of aliphatic hydroxyl groups excluding tert-OH is 4. The van der Waals surface area contributed by atoms with Crippen LogP contribution in [-0.2, 0) is 45.0 Å². The number of carbonyl (C=O) groups is 4. The molecule has 0 aliphatic heterocycles. The van der Waals surface area contributed by atoms with Crippen LogP contribution in [0.1, 0.15) is 27.7 Å². The van der Waals surface area contributed by atoms with Gasteiger partial charge in [0.25, 0.3) is 0 Å². The molecule has 8 N–H and O–H groups in total. The van der Waals surface area contributed by atoms with E-state index in [9.17, 15) is 19.2 Å². The Morgan fingerprint density at radius 2 is 0.520 bits per heavy atom. The number of aliphatic hydroxyl groups is 4. The minimum atomic E-state index is -1.23. The van der Waals surface area contributed by atoms with Gasteiger partial charge in [0.1, 0.15) is 24.4 Å². The first-order valence-corrected chi connectivity index (χ1v) is 6.21. The Labute approximate surface area is 162 Å². The van der Waals surface area contributed by atoms with Crippen molar-refractivity contribution in [2.24, 2.45) is 0 Å². The van der Waals surface area contributed by atoms with Crippen LogP contribution in [0.5, 0.6) is 0 Å². The fourth-order valence-corrected chi connectivity index (χ4v) is 0. The molecule has 0 fully saturated rings. The number of carboxylic acid groups (broad SMARTS) is 4. The first kappa shape index (κ1) is 34.8. The Hall–Kier alpha value is -1.41. The van der Waals surface area contributed by atoms with E-state index in [2.05, 4.69) is 0 Å². The number of carboxylic acids is 4. The monoisotopic (exact) mass is 540 g/mol. The summed E-state index contributed by atoms with van der Waals surface area (Å²) < 4.78 is 0. The quantitative estimate of drug-likeness (QED) is 0.178. The zero-order valence-corrected chi connectivity index (χ0v) is 17.6. The molecule has 4 unspecified atom stereocenters. The van der Waals surface area contributed by atoms with Crippen LogP contribution >= 0.6 is 0 Å². The maximum atomic E-state index is 9.45. The van der Waals surface area contributed by atoms with Crippen molar-refractivity contribution in [1.29, 1.82) is 0 Å². The van der Waals surface area contributed by atoms with Crippen LogP contribution in [0.15, 0.2) is 0 Å². The van der Waals surface area contributed by atoms with Gasteiger partial charge in [0, 0.05) is 25.8 Å². The van der Waals surface area contributed by atoms with Crippen LogP contribution in [0.4, 0.5) is 0 Å². The molecule has 0 aliphatic carbocycles. The van der Waals surface area contributed by atoms with Gasteiger partial charge in [-0.2, -0.15) is 0 Å². The predicted molar refractivity (Wildman–Crippen MR) is 77.3 cm³/mol. The Morgan fingerprint density at radius 1 is 0.480 bits per heavy atom. The second kappa shape index (κ2) is 20.6. The van der Waals surface area contributed by atoms with Gasteiger partial charge in [-0.05, 0) is 27.7 Å². The van der Waals surface area contributed by atoms with Gasteiger partial charge in [0.15, 0.2) is 0 Å². The zero-order chi connectivity index (χ0) is 20.6. The van der Waals surface area contributed by atoms with Gasteiger partial charge < -0.3 is 40.9 Å². The standard InChI is InChI=1S/4C3H6O3.Hf/c4*1-2(4)3(5)6;/h4*2,4H,1H3,(H,5,6);. The summed E-state index contributed by atoms with van der Waals surface area (Å²) in [6, 6.07) is 0. The van der Waals surface area contributed by atoms with Gasteiger partial charge >= 0.3 is 23.9 Å². The Bertz CT molecular complexity index is 306. The smallest absolute Gasteiger partial charge is 0.332 e. The maximum Gasteiger partial charge on any atom is 0.332 e. The molecule has 0 saturated heterocycles. The van der Waals surface area contributed by atoms with Crippen molar-refractivity contribution in [3.05, 3.63) is 0 Å². The van der Waals surface area contributed by atoms with Crippen LogP contribution in [0.25, 0.3) is 0 Å². The summed E-state index contributed by atoms with van der Waals surface area (Å²) >= 11 is 0. The second-order valence-corrected chi connectivity index (χ2v) is 4.06. The topological polar surface area (TPSA) is 230 Å². The van der Waals surface area contributed by atoms with E-state index in [-0.39, 0.29) is 25.8 Å². The van der Waals surface area contributed by atoms with Crippen LogP contribution in [0, 0.1) is 0 Å². The van der Waals surface area contributed by atoms with Crippen LogP contribution in [-0.4, -0.2) is 89.1 Å². The van der Waals surface area contributed by atoms with Gasteiger partial charge in [-0.15, -0.1) is 0 Å². The van der Waals surface area contributed by atoms with Crippen LogP contribution in [0.3, 0.4) is 0 Å². The Balaban J connectivity index is -0.0000000702. The van der Waals surface area contributed by atoms with Crippen molar-refractivity contribution in [3.8, 4) is 0 Å². The Kier molecular flexibility index (Phi) is 28.8. The van der Waals surface area contributed by atoms with E-state index >= 15 is 0 Å². The van der Waals surface area contributed by atoms with Crippen LogP contribution < -0.4 is 0 Å². The molecule has 0 aliphatic rings. The molecule has 13 heteroatoms. The first-order chi connectivity index (χ1) is 10.6. The number of hydrogen-bond donors (Lipinski definition) is 8. The molecular weight excluding hydrogens is 515 g/mol. The van der Waals surface area contributed by atoms with Gasteiger partial charge in [0.05, 0.1) is 0 Å². The molecule has 0 amide bonds. The molecule has 0 aromatic heterocycles. The average molecular weight is 539 g/mol. The van der Waals surface area contributed by atoms with Crippen molar-refractivity contribution >= 4 is 23.9 Å². The second-order valence-electron chi connectivity index (χ2n) is 4.06. The molecule has 0 aromatic rings. The third-order valence-corrected chi connectivity index (χ3v) is 1.43. The van der Waals surface area contributed by atoms with Crippen molar-refractivity contribution in [1.82, 2.24) is 0 Å². The number of hydrogen-bond acceptors (Lipinski definition) is 8. The van der Waals surface area contributed by atoms with Crippen molar-refractivity contribution in [3.63, 3.8) is 0 Å². The van der Waals surface area contributed by atoms with E-state index in [1.54, 1.807) is 0 Å². The molecule has 0 bridgehead atoms. The summed E-state index contributed by atoms with van der Waals surface area (Å²) in [5.41, 5.74) is 0. The zero-order valence-electron chi connectivity index (χ0n) is 14.0.